The zero-order valence-corrected chi connectivity index (χ0v) is 9.71. The lowest BCUT2D eigenvalue weighted by molar-refractivity contribution is -0.281. The smallest absolute Gasteiger partial charge is 0.201 e. The molecule has 9 heteroatoms. The third-order valence-corrected chi connectivity index (χ3v) is 3.15. The summed E-state index contributed by atoms with van der Waals surface area (Å²) in [6.07, 6.45) is -6.36. The molecular weight excluding hydrogens is 249 g/mol. The van der Waals surface area contributed by atoms with Gasteiger partial charge in [-0.2, -0.15) is 0 Å². The molecule has 3 unspecified atom stereocenters. The molecule has 1 heterocycles. The van der Waals surface area contributed by atoms with Gasteiger partial charge >= 0.3 is 0 Å². The number of amides is 1. The quantitative estimate of drug-likeness (QED) is 0.220. The van der Waals surface area contributed by atoms with Crippen molar-refractivity contribution in [3.8, 4) is 0 Å². The number of hydrogen-bond donors (Lipinski definition) is 5. The molecule has 2 radical (unpaired) electrons. The molecule has 1 rings (SSSR count). The lowest BCUT2D eigenvalue weighted by Gasteiger charge is -2.38. The molecule has 1 saturated heterocycles. The summed E-state index contributed by atoms with van der Waals surface area (Å²) >= 11 is 1.02. The van der Waals surface area contributed by atoms with Crippen LogP contribution in [0.25, 0.3) is 0 Å². The number of carbonyl (C=O) groups is 1. The number of nitrogens with one attached hydrogen (secondary N) is 1. The highest BCUT2D eigenvalue weighted by molar-refractivity contribution is 7.98. The van der Waals surface area contributed by atoms with Gasteiger partial charge in [-0.25, -0.2) is 0 Å². The summed E-state index contributed by atoms with van der Waals surface area (Å²) in [7, 11) is 4.84. The van der Waals surface area contributed by atoms with E-state index in [-0.39, 0.29) is 6.42 Å². The summed E-state index contributed by atoms with van der Waals surface area (Å²) in [5.41, 5.74) is 0. The Morgan fingerprint density at radius 2 is 1.88 bits per heavy atom. The van der Waals surface area contributed by atoms with Gasteiger partial charge in [0.2, 0.25) is 7.85 Å². The van der Waals surface area contributed by atoms with Gasteiger partial charge in [-0.1, -0.05) is 11.9 Å². The lowest BCUT2D eigenvalue weighted by atomic mass is 9.97. The van der Waals surface area contributed by atoms with Gasteiger partial charge in [0.1, 0.15) is 18.3 Å². The van der Waals surface area contributed by atoms with Crippen molar-refractivity contribution >= 4 is 25.6 Å². The van der Waals surface area contributed by atoms with Crippen molar-refractivity contribution in [2.75, 3.05) is 5.75 Å². The van der Waals surface area contributed by atoms with Crippen LogP contribution in [0.5, 0.6) is 0 Å². The van der Waals surface area contributed by atoms with Crippen LogP contribution >= 0.6 is 11.9 Å². The fraction of sp³-hybridized carbons (Fsp3) is 0.875. The van der Waals surface area contributed by atoms with Crippen LogP contribution in [0, 0.1) is 0 Å². The fourth-order valence-electron chi connectivity index (χ4n) is 1.47. The van der Waals surface area contributed by atoms with E-state index in [4.69, 9.17) is 12.6 Å². The van der Waals surface area contributed by atoms with E-state index < -0.39 is 36.5 Å². The van der Waals surface area contributed by atoms with Gasteiger partial charge in [0.25, 0.3) is 0 Å². The van der Waals surface area contributed by atoms with Crippen LogP contribution in [0.15, 0.2) is 0 Å². The van der Waals surface area contributed by atoms with E-state index in [0.29, 0.717) is 5.75 Å². The molecule has 0 bridgehead atoms. The Hall–Kier alpha value is -0.315. The molecule has 7 nitrogen and oxygen atoms in total. The second-order valence-electron chi connectivity index (χ2n) is 3.64. The summed E-state index contributed by atoms with van der Waals surface area (Å²) in [6, 6.07) is 0. The van der Waals surface area contributed by atoms with Crippen molar-refractivity contribution in [1.82, 2.24) is 4.72 Å². The molecule has 0 aromatic rings. The Labute approximate surface area is 104 Å². The number of aliphatic hydroxyl groups excluding tert-OH is 4. The van der Waals surface area contributed by atoms with Gasteiger partial charge in [-0.15, -0.1) is 0 Å². The maximum atomic E-state index is 10.4. The molecule has 0 aromatic heterocycles. The number of rotatable bonds is 4. The first-order valence-electron chi connectivity index (χ1n) is 4.98. The summed E-state index contributed by atoms with van der Waals surface area (Å²) in [6.45, 7) is 0. The van der Waals surface area contributed by atoms with E-state index in [1.54, 1.807) is 0 Å². The minimum Gasteiger partial charge on any atom is -0.388 e. The molecular formula is C8H14BNO6S. The molecule has 5 atom stereocenters. The topological polar surface area (TPSA) is 119 Å². The molecule has 1 aliphatic heterocycles. The second kappa shape index (κ2) is 6.57. The van der Waals surface area contributed by atoms with E-state index >= 15 is 0 Å². The first kappa shape index (κ1) is 14.7. The number of carbonyl (C=O) groups excluding carboxylic acids is 1. The highest BCUT2D eigenvalue weighted by Crippen LogP contribution is 2.22. The van der Waals surface area contributed by atoms with E-state index in [1.807, 2.05) is 0 Å². The fourth-order valence-corrected chi connectivity index (χ4v) is 2.06. The van der Waals surface area contributed by atoms with Crippen LogP contribution < -0.4 is 4.72 Å². The number of hydrogen-bond acceptors (Lipinski definition) is 7. The maximum absolute atomic E-state index is 10.4. The van der Waals surface area contributed by atoms with Crippen LogP contribution in [-0.2, 0) is 4.74 Å². The Kier molecular flexibility index (Phi) is 5.70. The minimum absolute atomic E-state index is 0.271. The van der Waals surface area contributed by atoms with Crippen molar-refractivity contribution in [3.05, 3.63) is 0 Å². The summed E-state index contributed by atoms with van der Waals surface area (Å²) in [4.78, 5) is 10.4. The highest BCUT2D eigenvalue weighted by atomic mass is 32.2. The van der Waals surface area contributed by atoms with Crippen LogP contribution in [0.4, 0.5) is 4.79 Å². The normalized spacial score (nSPS) is 37.8. The Bertz CT molecular complexity index is 270. The van der Waals surface area contributed by atoms with E-state index in [2.05, 4.69) is 4.72 Å². The van der Waals surface area contributed by atoms with Gasteiger partial charge in [0.05, 0.1) is 6.10 Å². The molecule has 96 valence electrons. The molecule has 0 aromatic carbocycles. The van der Waals surface area contributed by atoms with Gasteiger partial charge in [0.15, 0.2) is 12.1 Å². The van der Waals surface area contributed by atoms with Gasteiger partial charge in [-0.05, 0) is 6.42 Å². The molecule has 0 spiro atoms. The Morgan fingerprint density at radius 1 is 1.24 bits per heavy atom. The third-order valence-electron chi connectivity index (χ3n) is 2.36. The first-order valence-corrected chi connectivity index (χ1v) is 5.97. The Morgan fingerprint density at radius 3 is 2.47 bits per heavy atom. The van der Waals surface area contributed by atoms with Crippen LogP contribution in [0.2, 0.25) is 0 Å². The van der Waals surface area contributed by atoms with Gasteiger partial charge < -0.3 is 29.9 Å². The molecule has 5 N–H and O–H groups in total. The van der Waals surface area contributed by atoms with Crippen LogP contribution in [0.3, 0.4) is 0 Å². The van der Waals surface area contributed by atoms with Crippen molar-refractivity contribution in [2.24, 2.45) is 0 Å². The lowest BCUT2D eigenvalue weighted by Crippen LogP contribution is -2.57. The van der Waals surface area contributed by atoms with Gasteiger partial charge in [-0.3, -0.25) is 4.79 Å². The second-order valence-corrected chi connectivity index (χ2v) is 4.54. The molecule has 17 heavy (non-hydrogen) atoms. The predicted molar refractivity (Wildman–Crippen MR) is 60.3 cm³/mol. The standard InChI is InChI=1S/C8H14BNO6S/c9-8(15)10-17-2-1-3-4(11)5(12)6(13)7(14)16-3/h3-7,11-14H,1-2H2,(H,10,15)/t3?,4-,5?,6?,7+/m1/s1. The molecule has 0 saturated carbocycles. The maximum Gasteiger partial charge on any atom is 0.201 e. The largest absolute Gasteiger partial charge is 0.388 e. The zero-order chi connectivity index (χ0) is 13.0. The predicted octanol–water partition coefficient (Wildman–Crippen LogP) is -2.30. The third kappa shape index (κ3) is 4.13. The first-order chi connectivity index (χ1) is 7.93. The summed E-state index contributed by atoms with van der Waals surface area (Å²) in [5, 5.41) is 37.4. The van der Waals surface area contributed by atoms with Crippen LogP contribution in [-0.4, -0.2) is 70.5 Å². The molecule has 0 aliphatic carbocycles. The van der Waals surface area contributed by atoms with Crippen molar-refractivity contribution < 1.29 is 30.0 Å². The van der Waals surface area contributed by atoms with Crippen LogP contribution in [0.1, 0.15) is 6.42 Å². The zero-order valence-electron chi connectivity index (χ0n) is 8.89. The SMILES string of the molecule is [B]C(=O)NSCCC1O[C@H](O)C(O)C(O)[C@@H]1O. The average molecular weight is 263 g/mol. The van der Waals surface area contributed by atoms with Gasteiger partial charge in [0, 0.05) is 5.75 Å². The summed E-state index contributed by atoms with van der Waals surface area (Å²) < 4.78 is 7.20. The average Bonchev–Trinajstić information content (AvgIpc) is 2.27. The van der Waals surface area contributed by atoms with Crippen molar-refractivity contribution in [3.63, 3.8) is 0 Å². The highest BCUT2D eigenvalue weighted by Gasteiger charge is 2.42. The van der Waals surface area contributed by atoms with E-state index in [0.717, 1.165) is 11.9 Å². The number of ether oxygens (including phenoxy) is 1. The molecule has 1 amide bonds. The Balaban J connectivity index is 2.35. The van der Waals surface area contributed by atoms with Crippen molar-refractivity contribution in [2.45, 2.75) is 37.1 Å². The summed E-state index contributed by atoms with van der Waals surface area (Å²) in [5.74, 6) is -0.309. The molecule has 1 aliphatic rings. The monoisotopic (exact) mass is 263 g/mol. The number of aliphatic hydroxyl groups is 4. The van der Waals surface area contributed by atoms with Crippen molar-refractivity contribution in [1.29, 1.82) is 0 Å². The van der Waals surface area contributed by atoms with E-state index in [9.17, 15) is 25.2 Å². The van der Waals surface area contributed by atoms with E-state index in [1.165, 1.54) is 0 Å². The molecule has 1 fully saturated rings. The minimum atomic E-state index is -1.53.